The van der Waals surface area contributed by atoms with Crippen LogP contribution in [0, 0.1) is 0 Å². The van der Waals surface area contributed by atoms with Gasteiger partial charge < -0.3 is 25.2 Å². The van der Waals surface area contributed by atoms with Gasteiger partial charge in [-0.3, -0.25) is 9.69 Å². The van der Waals surface area contributed by atoms with E-state index in [1.54, 1.807) is 12.1 Å². The summed E-state index contributed by atoms with van der Waals surface area (Å²) in [4.78, 5) is 40.3. The molecular weight excluding hydrogens is 344 g/mol. The van der Waals surface area contributed by atoms with Crippen LogP contribution in [0.4, 0.5) is 21.2 Å². The first-order valence-corrected chi connectivity index (χ1v) is 8.38. The van der Waals surface area contributed by atoms with Crippen molar-refractivity contribution in [1.29, 1.82) is 0 Å². The number of nitrogens with one attached hydrogen (secondary N) is 2. The average Bonchev–Trinajstić information content (AvgIpc) is 2.92. The monoisotopic (exact) mass is 362 g/mol. The smallest absolute Gasteiger partial charge is 0.416 e. The van der Waals surface area contributed by atoms with Crippen LogP contribution in [0.1, 0.15) is 25.7 Å². The van der Waals surface area contributed by atoms with Crippen molar-refractivity contribution in [2.75, 3.05) is 23.4 Å². The van der Waals surface area contributed by atoms with E-state index in [9.17, 15) is 14.4 Å². The molecule has 3 N–H and O–H groups in total. The van der Waals surface area contributed by atoms with Crippen molar-refractivity contribution in [2.45, 2.75) is 37.3 Å². The number of carboxylic acid groups (broad SMARTS) is 1. The molecule has 3 amide bonds. The van der Waals surface area contributed by atoms with E-state index in [-0.39, 0.29) is 24.4 Å². The number of hydrogen-bond donors (Lipinski definition) is 3. The Balaban J connectivity index is 1.48. The molecule has 0 unspecified atom stereocenters. The van der Waals surface area contributed by atoms with Crippen molar-refractivity contribution in [1.82, 2.24) is 10.3 Å². The zero-order valence-corrected chi connectivity index (χ0v) is 13.9. The number of pyridine rings is 1. The van der Waals surface area contributed by atoms with Gasteiger partial charge in [-0.15, -0.1) is 0 Å². The van der Waals surface area contributed by atoms with Crippen LogP contribution in [0.5, 0.6) is 5.75 Å². The molecule has 0 bridgehead atoms. The second-order valence-corrected chi connectivity index (χ2v) is 6.71. The zero-order chi connectivity index (χ0) is 18.3. The summed E-state index contributed by atoms with van der Waals surface area (Å²) in [6.45, 7) is 0.278. The Kier molecular flexibility index (Phi) is 3.82. The Labute approximate surface area is 148 Å². The lowest BCUT2D eigenvalue weighted by Crippen LogP contribution is -2.45. The van der Waals surface area contributed by atoms with Crippen LogP contribution in [0.2, 0.25) is 0 Å². The SMILES string of the molecule is O=C(O)NC1CCC2(CC1)CN(c1ccc3c(n1)NC(=O)CO3)C(=O)O2. The number of hydrogen-bond acceptors (Lipinski definition) is 6. The van der Waals surface area contributed by atoms with Gasteiger partial charge in [0.15, 0.2) is 18.2 Å². The maximum Gasteiger partial charge on any atom is 0.416 e. The molecule has 1 spiro atoms. The van der Waals surface area contributed by atoms with Gasteiger partial charge in [-0.1, -0.05) is 0 Å². The highest BCUT2D eigenvalue weighted by Crippen LogP contribution is 2.39. The maximum absolute atomic E-state index is 12.4. The summed E-state index contributed by atoms with van der Waals surface area (Å²) in [7, 11) is 0. The fourth-order valence-electron chi connectivity index (χ4n) is 3.63. The van der Waals surface area contributed by atoms with Crippen LogP contribution in [0.3, 0.4) is 0 Å². The first-order valence-electron chi connectivity index (χ1n) is 8.38. The number of anilines is 2. The van der Waals surface area contributed by atoms with E-state index in [1.165, 1.54) is 4.90 Å². The Morgan fingerprint density at radius 2 is 2.12 bits per heavy atom. The molecule has 3 aliphatic rings. The molecule has 4 rings (SSSR count). The molecule has 1 aromatic heterocycles. The number of fused-ring (bicyclic) bond motifs is 1. The number of rotatable bonds is 2. The zero-order valence-electron chi connectivity index (χ0n) is 13.9. The molecule has 3 heterocycles. The van der Waals surface area contributed by atoms with E-state index in [4.69, 9.17) is 14.6 Å². The summed E-state index contributed by atoms with van der Waals surface area (Å²) in [5.74, 6) is 0.812. The van der Waals surface area contributed by atoms with E-state index in [0.717, 1.165) is 0 Å². The number of carbonyl (C=O) groups excluding carboxylic acids is 2. The number of nitrogens with zero attached hydrogens (tertiary/aromatic N) is 2. The lowest BCUT2D eigenvalue weighted by molar-refractivity contribution is -0.118. The summed E-state index contributed by atoms with van der Waals surface area (Å²) in [6, 6.07) is 3.18. The fraction of sp³-hybridized carbons (Fsp3) is 0.500. The number of carbonyl (C=O) groups is 3. The van der Waals surface area contributed by atoms with Crippen molar-refractivity contribution in [2.24, 2.45) is 0 Å². The summed E-state index contributed by atoms with van der Waals surface area (Å²) >= 11 is 0. The third-order valence-electron chi connectivity index (χ3n) is 4.93. The van der Waals surface area contributed by atoms with Crippen molar-refractivity contribution < 1.29 is 29.0 Å². The van der Waals surface area contributed by atoms with Gasteiger partial charge in [-0.05, 0) is 37.8 Å². The maximum atomic E-state index is 12.4. The van der Waals surface area contributed by atoms with Crippen molar-refractivity contribution in [3.8, 4) is 5.75 Å². The molecule has 1 saturated carbocycles. The highest BCUT2D eigenvalue weighted by Gasteiger charge is 2.48. The highest BCUT2D eigenvalue weighted by atomic mass is 16.6. The van der Waals surface area contributed by atoms with Crippen molar-refractivity contribution in [3.05, 3.63) is 12.1 Å². The quantitative estimate of drug-likeness (QED) is 0.723. The second kappa shape index (κ2) is 6.04. The molecule has 1 aromatic rings. The van der Waals surface area contributed by atoms with Gasteiger partial charge in [0, 0.05) is 6.04 Å². The van der Waals surface area contributed by atoms with Gasteiger partial charge in [0.05, 0.1) is 6.54 Å². The van der Waals surface area contributed by atoms with Crippen LogP contribution < -0.4 is 20.3 Å². The van der Waals surface area contributed by atoms with E-state index in [1.807, 2.05) is 0 Å². The Hall–Kier alpha value is -3.04. The van der Waals surface area contributed by atoms with Crippen molar-refractivity contribution in [3.63, 3.8) is 0 Å². The molecule has 26 heavy (non-hydrogen) atoms. The van der Waals surface area contributed by atoms with Crippen LogP contribution in [-0.4, -0.2) is 53.0 Å². The summed E-state index contributed by atoms with van der Waals surface area (Å²) < 4.78 is 10.9. The molecule has 2 fully saturated rings. The fourth-order valence-corrected chi connectivity index (χ4v) is 3.63. The molecule has 10 nitrogen and oxygen atoms in total. The largest absolute Gasteiger partial charge is 0.480 e. The standard InChI is InChI=1S/C16H18N4O6/c21-12-7-25-10-1-2-11(18-13(10)19-12)20-8-16(26-15(20)24)5-3-9(4-6-16)17-14(22)23/h1-2,9,17H,3-8H2,(H,22,23)(H,18,19,21). The summed E-state index contributed by atoms with van der Waals surface area (Å²) in [6.07, 6.45) is 0.823. The average molecular weight is 362 g/mol. The third kappa shape index (κ3) is 2.98. The number of ether oxygens (including phenoxy) is 2. The molecule has 0 radical (unpaired) electrons. The van der Waals surface area contributed by atoms with Gasteiger partial charge in [0.1, 0.15) is 11.4 Å². The summed E-state index contributed by atoms with van der Waals surface area (Å²) in [5.41, 5.74) is -0.634. The molecule has 2 aliphatic heterocycles. The molecule has 138 valence electrons. The van der Waals surface area contributed by atoms with Crippen LogP contribution in [0.15, 0.2) is 12.1 Å². The predicted octanol–water partition coefficient (Wildman–Crippen LogP) is 1.32. The molecule has 0 aromatic carbocycles. The van der Waals surface area contributed by atoms with Crippen molar-refractivity contribution >= 4 is 29.7 Å². The Morgan fingerprint density at radius 3 is 2.85 bits per heavy atom. The highest BCUT2D eigenvalue weighted by molar-refractivity contribution is 5.95. The van der Waals surface area contributed by atoms with E-state index in [2.05, 4.69) is 15.6 Å². The van der Waals surface area contributed by atoms with Gasteiger partial charge in [-0.2, -0.15) is 0 Å². The predicted molar refractivity (Wildman–Crippen MR) is 88.3 cm³/mol. The second-order valence-electron chi connectivity index (χ2n) is 6.71. The lowest BCUT2D eigenvalue weighted by Gasteiger charge is -2.34. The van der Waals surface area contributed by atoms with E-state index >= 15 is 0 Å². The number of aromatic nitrogens is 1. The van der Waals surface area contributed by atoms with Gasteiger partial charge >= 0.3 is 12.2 Å². The Bertz CT molecular complexity index is 774. The van der Waals surface area contributed by atoms with Crippen LogP contribution >= 0.6 is 0 Å². The van der Waals surface area contributed by atoms with E-state index in [0.29, 0.717) is 43.8 Å². The minimum atomic E-state index is -1.04. The first-order chi connectivity index (χ1) is 12.4. The summed E-state index contributed by atoms with van der Waals surface area (Å²) in [5, 5.41) is 13.9. The molecule has 1 saturated heterocycles. The third-order valence-corrected chi connectivity index (χ3v) is 4.93. The molecule has 1 aliphatic carbocycles. The molecule has 0 atom stereocenters. The van der Waals surface area contributed by atoms with Gasteiger partial charge in [-0.25, -0.2) is 14.6 Å². The van der Waals surface area contributed by atoms with E-state index < -0.39 is 17.8 Å². The minimum Gasteiger partial charge on any atom is -0.480 e. The lowest BCUT2D eigenvalue weighted by atomic mass is 9.82. The molecular formula is C16H18N4O6. The minimum absolute atomic E-state index is 0.0611. The molecule has 10 heteroatoms. The number of amides is 3. The van der Waals surface area contributed by atoms with Gasteiger partial charge in [0.25, 0.3) is 5.91 Å². The van der Waals surface area contributed by atoms with Crippen LogP contribution in [-0.2, 0) is 9.53 Å². The Morgan fingerprint density at radius 1 is 1.35 bits per heavy atom. The van der Waals surface area contributed by atoms with Gasteiger partial charge in [0.2, 0.25) is 0 Å². The first kappa shape index (κ1) is 16.4. The normalized spacial score (nSPS) is 27.4. The topological polar surface area (TPSA) is 130 Å². The van der Waals surface area contributed by atoms with Crippen LogP contribution in [0.25, 0.3) is 0 Å².